The standard InChI is InChI=1S/C12H21NOS/c1-2-15-12-5-3-4-11(12)13-8-6-10(14)7-9-13/h11-12H,2-9H2,1H3. The van der Waals surface area contributed by atoms with Crippen LogP contribution in [-0.4, -0.2) is 40.8 Å². The first-order valence-electron chi connectivity index (χ1n) is 6.18. The molecular weight excluding hydrogens is 206 g/mol. The zero-order valence-corrected chi connectivity index (χ0v) is 10.4. The molecule has 2 unspecified atom stereocenters. The largest absolute Gasteiger partial charge is 0.300 e. The summed E-state index contributed by atoms with van der Waals surface area (Å²) >= 11 is 2.11. The summed E-state index contributed by atoms with van der Waals surface area (Å²) in [5, 5.41) is 0.836. The highest BCUT2D eigenvalue weighted by Gasteiger charge is 2.33. The zero-order valence-electron chi connectivity index (χ0n) is 9.58. The molecule has 86 valence electrons. The first kappa shape index (κ1) is 11.5. The highest BCUT2D eigenvalue weighted by atomic mass is 32.2. The van der Waals surface area contributed by atoms with Gasteiger partial charge in [0.25, 0.3) is 0 Å². The van der Waals surface area contributed by atoms with E-state index in [9.17, 15) is 4.79 Å². The van der Waals surface area contributed by atoms with Crippen molar-refractivity contribution in [3.63, 3.8) is 0 Å². The number of rotatable bonds is 3. The van der Waals surface area contributed by atoms with Crippen LogP contribution in [0.2, 0.25) is 0 Å². The molecule has 0 N–H and O–H groups in total. The number of carbonyl (C=O) groups excluding carboxylic acids is 1. The number of hydrogen-bond acceptors (Lipinski definition) is 3. The number of nitrogens with zero attached hydrogens (tertiary/aromatic N) is 1. The van der Waals surface area contributed by atoms with Crippen LogP contribution in [0.15, 0.2) is 0 Å². The van der Waals surface area contributed by atoms with Gasteiger partial charge in [0.05, 0.1) is 0 Å². The van der Waals surface area contributed by atoms with Crippen LogP contribution in [0.3, 0.4) is 0 Å². The SMILES string of the molecule is CCSC1CCCC1N1CCC(=O)CC1. The number of thioether (sulfide) groups is 1. The fourth-order valence-corrected chi connectivity index (χ4v) is 4.13. The van der Waals surface area contributed by atoms with E-state index in [4.69, 9.17) is 0 Å². The van der Waals surface area contributed by atoms with E-state index in [0.717, 1.165) is 37.2 Å². The van der Waals surface area contributed by atoms with E-state index in [1.165, 1.54) is 25.0 Å². The quantitative estimate of drug-likeness (QED) is 0.738. The number of likely N-dealkylation sites (tertiary alicyclic amines) is 1. The van der Waals surface area contributed by atoms with Crippen molar-refractivity contribution in [2.45, 2.75) is 50.3 Å². The van der Waals surface area contributed by atoms with Gasteiger partial charge in [-0.2, -0.15) is 11.8 Å². The van der Waals surface area contributed by atoms with E-state index < -0.39 is 0 Å². The first-order chi connectivity index (χ1) is 7.31. The summed E-state index contributed by atoms with van der Waals surface area (Å²) < 4.78 is 0. The molecule has 0 aromatic rings. The van der Waals surface area contributed by atoms with Gasteiger partial charge in [-0.15, -0.1) is 0 Å². The van der Waals surface area contributed by atoms with Gasteiger partial charge in [-0.05, 0) is 18.6 Å². The molecule has 15 heavy (non-hydrogen) atoms. The molecule has 1 heterocycles. The predicted octanol–water partition coefficient (Wildman–Crippen LogP) is 2.33. The Bertz CT molecular complexity index is 222. The number of carbonyl (C=O) groups is 1. The van der Waals surface area contributed by atoms with Gasteiger partial charge in [-0.25, -0.2) is 0 Å². The minimum absolute atomic E-state index is 0.462. The van der Waals surface area contributed by atoms with E-state index >= 15 is 0 Å². The van der Waals surface area contributed by atoms with Crippen molar-refractivity contribution < 1.29 is 4.79 Å². The highest BCUT2D eigenvalue weighted by molar-refractivity contribution is 7.99. The Kier molecular flexibility index (Phi) is 4.09. The van der Waals surface area contributed by atoms with Crippen LogP contribution in [0.1, 0.15) is 39.0 Å². The van der Waals surface area contributed by atoms with E-state index in [-0.39, 0.29) is 0 Å². The molecule has 2 rings (SSSR count). The average Bonchev–Trinajstić information content (AvgIpc) is 2.68. The maximum atomic E-state index is 11.2. The summed E-state index contributed by atoms with van der Waals surface area (Å²) in [7, 11) is 0. The van der Waals surface area contributed by atoms with Crippen molar-refractivity contribution in [3.8, 4) is 0 Å². The lowest BCUT2D eigenvalue weighted by Crippen LogP contribution is -2.44. The highest BCUT2D eigenvalue weighted by Crippen LogP contribution is 2.34. The summed E-state index contributed by atoms with van der Waals surface area (Å²) in [5.74, 6) is 1.69. The van der Waals surface area contributed by atoms with Crippen LogP contribution in [0.25, 0.3) is 0 Å². The molecule has 1 aliphatic heterocycles. The number of piperidine rings is 1. The third-order valence-corrected chi connectivity index (χ3v) is 4.93. The molecule has 3 heteroatoms. The molecule has 1 saturated carbocycles. The van der Waals surface area contributed by atoms with Crippen LogP contribution in [-0.2, 0) is 4.79 Å². The third kappa shape index (κ3) is 2.76. The summed E-state index contributed by atoms with van der Waals surface area (Å²) in [6.07, 6.45) is 5.70. The van der Waals surface area contributed by atoms with Crippen molar-refractivity contribution in [2.75, 3.05) is 18.8 Å². The van der Waals surface area contributed by atoms with Gasteiger partial charge in [0.2, 0.25) is 0 Å². The average molecular weight is 227 g/mol. The van der Waals surface area contributed by atoms with Crippen molar-refractivity contribution in [1.29, 1.82) is 0 Å². The van der Waals surface area contributed by atoms with Crippen LogP contribution >= 0.6 is 11.8 Å². The van der Waals surface area contributed by atoms with Crippen molar-refractivity contribution in [1.82, 2.24) is 4.90 Å². The summed E-state index contributed by atoms with van der Waals surface area (Å²) in [6, 6.07) is 0.767. The maximum absolute atomic E-state index is 11.2. The summed E-state index contributed by atoms with van der Waals surface area (Å²) in [5.41, 5.74) is 0. The molecular formula is C12H21NOS. The zero-order chi connectivity index (χ0) is 10.7. The Balaban J connectivity index is 1.88. The van der Waals surface area contributed by atoms with E-state index in [0.29, 0.717) is 5.78 Å². The Morgan fingerprint density at radius 3 is 2.73 bits per heavy atom. The van der Waals surface area contributed by atoms with Crippen molar-refractivity contribution in [3.05, 3.63) is 0 Å². The maximum Gasteiger partial charge on any atom is 0.135 e. The molecule has 2 fully saturated rings. The van der Waals surface area contributed by atoms with Crippen molar-refractivity contribution in [2.24, 2.45) is 0 Å². The van der Waals surface area contributed by atoms with E-state index in [1.54, 1.807) is 0 Å². The topological polar surface area (TPSA) is 20.3 Å². The second kappa shape index (κ2) is 5.35. The minimum atomic E-state index is 0.462. The summed E-state index contributed by atoms with van der Waals surface area (Å²) in [6.45, 7) is 4.29. The number of Topliss-reactive ketones (excluding diaryl/α,β-unsaturated/α-hetero) is 1. The Morgan fingerprint density at radius 1 is 1.33 bits per heavy atom. The lowest BCUT2D eigenvalue weighted by molar-refractivity contribution is -0.121. The number of ketones is 1. The molecule has 0 bridgehead atoms. The lowest BCUT2D eigenvalue weighted by atomic mass is 10.1. The summed E-state index contributed by atoms with van der Waals surface area (Å²) in [4.78, 5) is 13.8. The van der Waals surface area contributed by atoms with Crippen LogP contribution in [0.4, 0.5) is 0 Å². The molecule has 0 spiro atoms. The molecule has 1 saturated heterocycles. The second-order valence-corrected chi connectivity index (χ2v) is 6.08. The van der Waals surface area contributed by atoms with Gasteiger partial charge >= 0.3 is 0 Å². The smallest absolute Gasteiger partial charge is 0.135 e. The van der Waals surface area contributed by atoms with Crippen molar-refractivity contribution >= 4 is 17.5 Å². The van der Waals surface area contributed by atoms with Gasteiger partial charge in [0, 0.05) is 37.2 Å². The molecule has 0 amide bonds. The van der Waals surface area contributed by atoms with Gasteiger partial charge in [0.1, 0.15) is 5.78 Å². The minimum Gasteiger partial charge on any atom is -0.300 e. The first-order valence-corrected chi connectivity index (χ1v) is 7.23. The van der Waals surface area contributed by atoms with E-state index in [2.05, 4.69) is 23.6 Å². The Labute approximate surface area is 96.8 Å². The van der Waals surface area contributed by atoms with Gasteiger partial charge < -0.3 is 0 Å². The van der Waals surface area contributed by atoms with Crippen LogP contribution in [0, 0.1) is 0 Å². The van der Waals surface area contributed by atoms with Gasteiger partial charge in [-0.1, -0.05) is 13.3 Å². The molecule has 0 aromatic heterocycles. The monoisotopic (exact) mass is 227 g/mol. The predicted molar refractivity (Wildman–Crippen MR) is 65.4 cm³/mol. The molecule has 2 aliphatic rings. The second-order valence-electron chi connectivity index (χ2n) is 4.57. The molecule has 2 nitrogen and oxygen atoms in total. The number of hydrogen-bond donors (Lipinski definition) is 0. The van der Waals surface area contributed by atoms with Gasteiger partial charge in [0.15, 0.2) is 0 Å². The Morgan fingerprint density at radius 2 is 2.07 bits per heavy atom. The lowest BCUT2D eigenvalue weighted by Gasteiger charge is -2.34. The molecule has 0 radical (unpaired) electrons. The fraction of sp³-hybridized carbons (Fsp3) is 0.917. The molecule has 0 aromatic carbocycles. The van der Waals surface area contributed by atoms with Crippen LogP contribution in [0.5, 0.6) is 0 Å². The Hall–Kier alpha value is -0.0200. The van der Waals surface area contributed by atoms with E-state index in [1.807, 2.05) is 0 Å². The molecule has 1 aliphatic carbocycles. The fourth-order valence-electron chi connectivity index (χ4n) is 2.84. The third-order valence-electron chi connectivity index (χ3n) is 3.62. The van der Waals surface area contributed by atoms with Crippen LogP contribution < -0.4 is 0 Å². The van der Waals surface area contributed by atoms with Gasteiger partial charge in [-0.3, -0.25) is 9.69 Å². The molecule has 2 atom stereocenters. The normalized spacial score (nSPS) is 33.5.